The molecule has 0 amide bonds. The fourth-order valence-corrected chi connectivity index (χ4v) is 4.88. The summed E-state index contributed by atoms with van der Waals surface area (Å²) in [5.41, 5.74) is 1.87. The van der Waals surface area contributed by atoms with Gasteiger partial charge in [-0.2, -0.15) is 0 Å². The Balaban J connectivity index is 2.09. The van der Waals surface area contributed by atoms with Crippen LogP contribution in [0.15, 0.2) is 24.3 Å². The van der Waals surface area contributed by atoms with Gasteiger partial charge >= 0.3 is 0 Å². The Morgan fingerprint density at radius 3 is 2.80 bits per heavy atom. The maximum atomic E-state index is 5.96. The van der Waals surface area contributed by atoms with Gasteiger partial charge in [-0.1, -0.05) is 57.7 Å². The van der Waals surface area contributed by atoms with E-state index in [2.05, 4.69) is 38.1 Å². The van der Waals surface area contributed by atoms with Gasteiger partial charge in [0.1, 0.15) is 5.75 Å². The number of hydrogen-bond donors (Lipinski definition) is 0. The van der Waals surface area contributed by atoms with Crippen LogP contribution in [-0.4, -0.2) is 6.61 Å². The van der Waals surface area contributed by atoms with Gasteiger partial charge in [-0.3, -0.25) is 0 Å². The maximum absolute atomic E-state index is 5.96. The summed E-state index contributed by atoms with van der Waals surface area (Å²) >= 11 is 0. The summed E-state index contributed by atoms with van der Waals surface area (Å²) < 4.78 is 5.96. The van der Waals surface area contributed by atoms with E-state index in [4.69, 9.17) is 4.74 Å². The van der Waals surface area contributed by atoms with Crippen molar-refractivity contribution in [3.8, 4) is 5.75 Å². The Kier molecular flexibility index (Phi) is 4.05. The predicted octanol–water partition coefficient (Wildman–Crippen LogP) is 5.33. The van der Waals surface area contributed by atoms with Crippen LogP contribution in [0.3, 0.4) is 0 Å². The lowest BCUT2D eigenvalue weighted by molar-refractivity contribution is 0.0811. The molecule has 1 aliphatic carbocycles. The fraction of sp³-hybridized carbons (Fsp3) is 0.684. The second kappa shape index (κ2) is 5.79. The fourth-order valence-electron chi connectivity index (χ4n) is 4.88. The third-order valence-corrected chi connectivity index (χ3v) is 5.95. The molecule has 1 fully saturated rings. The summed E-state index contributed by atoms with van der Waals surface area (Å²) in [6.45, 7) is 5.78. The quantitative estimate of drug-likeness (QED) is 0.671. The van der Waals surface area contributed by atoms with E-state index in [1.54, 1.807) is 0 Å². The van der Waals surface area contributed by atoms with Crippen LogP contribution in [0.5, 0.6) is 5.75 Å². The topological polar surface area (TPSA) is 9.23 Å². The second-order valence-electron chi connectivity index (χ2n) is 6.78. The third kappa shape index (κ3) is 2.16. The van der Waals surface area contributed by atoms with E-state index in [1.807, 2.05) is 0 Å². The monoisotopic (exact) mass is 272 g/mol. The van der Waals surface area contributed by atoms with Crippen molar-refractivity contribution in [2.75, 3.05) is 6.61 Å². The van der Waals surface area contributed by atoms with E-state index < -0.39 is 0 Å². The van der Waals surface area contributed by atoms with Crippen LogP contribution in [0.2, 0.25) is 0 Å². The summed E-state index contributed by atoms with van der Waals surface area (Å²) in [5.74, 6) is 2.75. The molecule has 1 aliphatic heterocycles. The van der Waals surface area contributed by atoms with Crippen molar-refractivity contribution in [1.29, 1.82) is 0 Å². The molecule has 0 N–H and O–H groups in total. The van der Waals surface area contributed by atoms with Crippen molar-refractivity contribution in [3.05, 3.63) is 29.8 Å². The van der Waals surface area contributed by atoms with Gasteiger partial charge in [0.15, 0.2) is 0 Å². The summed E-state index contributed by atoms with van der Waals surface area (Å²) in [5, 5.41) is 0. The second-order valence-corrected chi connectivity index (χ2v) is 6.78. The first-order chi connectivity index (χ1) is 9.79. The van der Waals surface area contributed by atoms with E-state index in [-0.39, 0.29) is 0 Å². The number of benzene rings is 1. The molecule has 1 aromatic carbocycles. The number of ether oxygens (including phenoxy) is 1. The third-order valence-electron chi connectivity index (χ3n) is 5.95. The van der Waals surface area contributed by atoms with Crippen LogP contribution in [0, 0.1) is 11.8 Å². The van der Waals surface area contributed by atoms with Crippen LogP contribution in [0.1, 0.15) is 64.4 Å². The van der Waals surface area contributed by atoms with Crippen molar-refractivity contribution in [1.82, 2.24) is 0 Å². The van der Waals surface area contributed by atoms with Gasteiger partial charge in [0, 0.05) is 11.0 Å². The highest BCUT2D eigenvalue weighted by Crippen LogP contribution is 2.53. The van der Waals surface area contributed by atoms with E-state index in [0.717, 1.165) is 24.2 Å². The molecule has 1 aromatic rings. The summed E-state index contributed by atoms with van der Waals surface area (Å²) in [6.07, 6.45) is 9.54. The zero-order valence-corrected chi connectivity index (χ0v) is 13.0. The highest BCUT2D eigenvalue weighted by Gasteiger charge is 2.47. The molecule has 0 aromatic heterocycles. The Morgan fingerprint density at radius 1 is 1.15 bits per heavy atom. The lowest BCUT2D eigenvalue weighted by Gasteiger charge is -2.50. The van der Waals surface area contributed by atoms with Crippen LogP contribution < -0.4 is 4.74 Å². The number of fused-ring (bicyclic) bond motifs is 2. The minimum absolute atomic E-state index is 0.365. The number of para-hydroxylation sites is 1. The van der Waals surface area contributed by atoms with Gasteiger partial charge in [-0.25, -0.2) is 0 Å². The molecule has 2 aliphatic rings. The van der Waals surface area contributed by atoms with Crippen molar-refractivity contribution in [3.63, 3.8) is 0 Å². The van der Waals surface area contributed by atoms with Gasteiger partial charge in [-0.15, -0.1) is 0 Å². The molecule has 3 rings (SSSR count). The lowest BCUT2D eigenvalue weighted by atomic mass is 9.56. The Labute approximate surface area is 123 Å². The van der Waals surface area contributed by atoms with Crippen LogP contribution >= 0.6 is 0 Å². The Hall–Kier alpha value is -0.980. The molecule has 0 bridgehead atoms. The lowest BCUT2D eigenvalue weighted by Crippen LogP contribution is -2.45. The van der Waals surface area contributed by atoms with Gasteiger partial charge in [-0.05, 0) is 37.2 Å². The zero-order valence-electron chi connectivity index (χ0n) is 13.0. The standard InChI is InChI=1S/C19H28O/c1-3-16-10-6-4-5-9-15(2)19(16)13-14-20-18-12-8-7-11-17(18)19/h7-8,11-12,15-16H,3-6,9-10,13-14H2,1-2H3. The molecular formula is C19H28O. The first kappa shape index (κ1) is 14.0. The SMILES string of the molecule is CCC1CCCCCC(C)C12CCOc1ccccc12. The minimum atomic E-state index is 0.365. The Morgan fingerprint density at radius 2 is 1.95 bits per heavy atom. The summed E-state index contributed by atoms with van der Waals surface area (Å²) in [6, 6.07) is 8.84. The van der Waals surface area contributed by atoms with Crippen molar-refractivity contribution < 1.29 is 4.74 Å². The summed E-state index contributed by atoms with van der Waals surface area (Å²) in [4.78, 5) is 0. The molecule has 110 valence electrons. The zero-order chi connectivity index (χ0) is 14.0. The van der Waals surface area contributed by atoms with Crippen molar-refractivity contribution >= 4 is 0 Å². The van der Waals surface area contributed by atoms with E-state index in [0.29, 0.717) is 5.41 Å². The largest absolute Gasteiger partial charge is 0.493 e. The molecule has 20 heavy (non-hydrogen) atoms. The van der Waals surface area contributed by atoms with Gasteiger partial charge < -0.3 is 4.74 Å². The molecule has 3 atom stereocenters. The molecule has 1 spiro atoms. The highest BCUT2D eigenvalue weighted by molar-refractivity contribution is 5.42. The van der Waals surface area contributed by atoms with Gasteiger partial charge in [0.2, 0.25) is 0 Å². The normalized spacial score (nSPS) is 33.9. The molecule has 3 unspecified atom stereocenters. The first-order valence-electron chi connectivity index (χ1n) is 8.51. The molecule has 1 heterocycles. The van der Waals surface area contributed by atoms with Gasteiger partial charge in [0.05, 0.1) is 6.61 Å². The van der Waals surface area contributed by atoms with Crippen LogP contribution in [0.4, 0.5) is 0 Å². The Bertz CT molecular complexity index is 453. The highest BCUT2D eigenvalue weighted by atomic mass is 16.5. The minimum Gasteiger partial charge on any atom is -0.493 e. The summed E-state index contributed by atoms with van der Waals surface area (Å²) in [7, 11) is 0. The first-order valence-corrected chi connectivity index (χ1v) is 8.51. The molecule has 1 saturated carbocycles. The smallest absolute Gasteiger partial charge is 0.123 e. The molecule has 1 heteroatoms. The predicted molar refractivity (Wildman–Crippen MR) is 84.3 cm³/mol. The van der Waals surface area contributed by atoms with E-state index >= 15 is 0 Å². The molecule has 1 nitrogen and oxygen atoms in total. The van der Waals surface area contributed by atoms with Gasteiger partial charge in [0.25, 0.3) is 0 Å². The van der Waals surface area contributed by atoms with Crippen LogP contribution in [-0.2, 0) is 5.41 Å². The average molecular weight is 272 g/mol. The van der Waals surface area contributed by atoms with Crippen molar-refractivity contribution in [2.24, 2.45) is 11.8 Å². The molecule has 0 radical (unpaired) electrons. The molecular weight excluding hydrogens is 244 g/mol. The van der Waals surface area contributed by atoms with E-state index in [1.165, 1.54) is 50.5 Å². The number of hydrogen-bond acceptors (Lipinski definition) is 1. The van der Waals surface area contributed by atoms with Crippen molar-refractivity contribution in [2.45, 2.75) is 64.2 Å². The van der Waals surface area contributed by atoms with E-state index in [9.17, 15) is 0 Å². The number of rotatable bonds is 1. The maximum Gasteiger partial charge on any atom is 0.123 e. The van der Waals surface area contributed by atoms with Crippen LogP contribution in [0.25, 0.3) is 0 Å². The molecule has 0 saturated heterocycles. The average Bonchev–Trinajstić information content (AvgIpc) is 2.48.